The van der Waals surface area contributed by atoms with Gasteiger partial charge in [-0.1, -0.05) is 5.10 Å². The minimum Gasteiger partial charge on any atom is -0.507 e. The zero-order valence-electron chi connectivity index (χ0n) is 15.3. The molecule has 138 valence electrons. The molecule has 0 spiro atoms. The van der Waals surface area contributed by atoms with Crippen LogP contribution in [0.2, 0.25) is 0 Å². The molecule has 3 aromatic rings. The van der Waals surface area contributed by atoms with Gasteiger partial charge in [0.05, 0.1) is 11.3 Å². The number of rotatable bonds is 2. The average Bonchev–Trinajstić information content (AvgIpc) is 3.23. The maximum absolute atomic E-state index is 10.6. The number of fused-ring (bicyclic) bond motifs is 2. The van der Waals surface area contributed by atoms with Crippen molar-refractivity contribution in [3.63, 3.8) is 0 Å². The van der Waals surface area contributed by atoms with Crippen molar-refractivity contribution in [3.05, 3.63) is 47.0 Å². The van der Waals surface area contributed by atoms with E-state index in [1.54, 1.807) is 4.57 Å². The first-order valence-corrected chi connectivity index (χ1v) is 9.46. The third-order valence-corrected chi connectivity index (χ3v) is 5.80. The topological polar surface area (TPSA) is 74.4 Å². The van der Waals surface area contributed by atoms with Crippen molar-refractivity contribution in [1.82, 2.24) is 14.8 Å². The normalized spacial score (nSPS) is 15.7. The lowest BCUT2D eigenvalue weighted by atomic mass is 9.90. The molecule has 2 aliphatic rings. The Hall–Kier alpha value is -3.02. The molecule has 0 amide bonds. The van der Waals surface area contributed by atoms with Crippen LogP contribution in [0.3, 0.4) is 0 Å². The summed E-state index contributed by atoms with van der Waals surface area (Å²) in [6.45, 7) is 0.991. The summed E-state index contributed by atoms with van der Waals surface area (Å²) < 4.78 is 1.61. The van der Waals surface area contributed by atoms with Gasteiger partial charge in [-0.3, -0.25) is 0 Å². The molecule has 0 fully saturated rings. The van der Waals surface area contributed by atoms with E-state index in [9.17, 15) is 10.2 Å². The zero-order valence-corrected chi connectivity index (χ0v) is 15.3. The number of nitrogens with zero attached hydrogens (tertiary/aromatic N) is 4. The highest BCUT2D eigenvalue weighted by Gasteiger charge is 2.23. The number of aryl methyl sites for hydroxylation is 2. The lowest BCUT2D eigenvalue weighted by Crippen LogP contribution is -2.12. The first kappa shape index (κ1) is 16.2. The summed E-state index contributed by atoms with van der Waals surface area (Å²) in [5, 5.41) is 29.0. The fourth-order valence-corrected chi connectivity index (χ4v) is 4.33. The molecule has 1 aromatic heterocycles. The number of benzene rings is 2. The molecular weight excluding hydrogens is 340 g/mol. The predicted molar refractivity (Wildman–Crippen MR) is 104 cm³/mol. The second-order valence-corrected chi connectivity index (χ2v) is 7.49. The third-order valence-electron chi connectivity index (χ3n) is 5.80. The standard InChI is InChI=1S/C21H22N4O2/c1-24-9-8-15-10-16(6-7-18(15)24)25-20(22-23-21(25)27)17-11-13-4-2-3-5-14(13)12-19(17)26/h6-7,10-12,26H,2-5,8-9H2,1H3,(H,23,27). The van der Waals surface area contributed by atoms with Crippen molar-refractivity contribution in [1.29, 1.82) is 0 Å². The van der Waals surface area contributed by atoms with Gasteiger partial charge in [-0.2, -0.15) is 0 Å². The van der Waals surface area contributed by atoms with Gasteiger partial charge in [-0.05, 0) is 79.1 Å². The molecule has 2 aromatic carbocycles. The SMILES string of the molecule is CN1CCc2cc(-n3c(O)nnc3-c3cc4c(cc3O)CCCC4)ccc21. The van der Waals surface area contributed by atoms with Crippen LogP contribution < -0.4 is 4.90 Å². The summed E-state index contributed by atoms with van der Waals surface area (Å²) in [6, 6.07) is 9.77. The molecule has 0 saturated carbocycles. The zero-order chi connectivity index (χ0) is 18.5. The minimum absolute atomic E-state index is 0.173. The molecular formula is C21H22N4O2. The number of hydrogen-bond acceptors (Lipinski definition) is 5. The van der Waals surface area contributed by atoms with E-state index in [4.69, 9.17) is 0 Å². The summed E-state index contributed by atoms with van der Waals surface area (Å²) in [4.78, 5) is 2.22. The molecule has 2 heterocycles. The van der Waals surface area contributed by atoms with Crippen LogP contribution in [0.1, 0.15) is 29.5 Å². The Balaban J connectivity index is 1.65. The summed E-state index contributed by atoms with van der Waals surface area (Å²) in [5.74, 6) is 0.648. The smallest absolute Gasteiger partial charge is 0.319 e. The van der Waals surface area contributed by atoms with E-state index in [-0.39, 0.29) is 11.8 Å². The van der Waals surface area contributed by atoms with E-state index in [1.165, 1.54) is 22.4 Å². The van der Waals surface area contributed by atoms with Crippen LogP contribution in [0.15, 0.2) is 30.3 Å². The van der Waals surface area contributed by atoms with Gasteiger partial charge in [0.2, 0.25) is 0 Å². The molecule has 0 atom stereocenters. The summed E-state index contributed by atoms with van der Waals surface area (Å²) in [7, 11) is 2.08. The molecule has 5 rings (SSSR count). The van der Waals surface area contributed by atoms with E-state index in [2.05, 4.69) is 34.3 Å². The van der Waals surface area contributed by atoms with Crippen molar-refractivity contribution < 1.29 is 10.2 Å². The highest BCUT2D eigenvalue weighted by atomic mass is 16.3. The highest BCUT2D eigenvalue weighted by Crippen LogP contribution is 2.37. The molecule has 2 N–H and O–H groups in total. The Bertz CT molecular complexity index is 1040. The average molecular weight is 362 g/mol. The van der Waals surface area contributed by atoms with E-state index in [1.807, 2.05) is 18.2 Å². The number of aromatic nitrogens is 3. The van der Waals surface area contributed by atoms with Crippen LogP contribution in [0, 0.1) is 0 Å². The quantitative estimate of drug-likeness (QED) is 0.732. The monoisotopic (exact) mass is 362 g/mol. The Morgan fingerprint density at radius 3 is 2.48 bits per heavy atom. The van der Waals surface area contributed by atoms with Crippen LogP contribution in [0.4, 0.5) is 5.69 Å². The minimum atomic E-state index is -0.173. The fourth-order valence-electron chi connectivity index (χ4n) is 4.33. The molecule has 27 heavy (non-hydrogen) atoms. The molecule has 1 aliphatic heterocycles. The summed E-state index contributed by atoms with van der Waals surface area (Å²) in [5.41, 5.74) is 6.32. The van der Waals surface area contributed by atoms with Crippen molar-refractivity contribution >= 4 is 5.69 Å². The van der Waals surface area contributed by atoms with E-state index >= 15 is 0 Å². The Kier molecular flexibility index (Phi) is 3.60. The number of anilines is 1. The molecule has 6 nitrogen and oxygen atoms in total. The highest BCUT2D eigenvalue weighted by molar-refractivity contribution is 5.70. The van der Waals surface area contributed by atoms with Gasteiger partial charge in [-0.15, -0.1) is 5.10 Å². The van der Waals surface area contributed by atoms with Crippen LogP contribution >= 0.6 is 0 Å². The number of phenols is 1. The van der Waals surface area contributed by atoms with Crippen LogP contribution in [-0.4, -0.2) is 38.6 Å². The summed E-state index contributed by atoms with van der Waals surface area (Å²) in [6.07, 6.45) is 5.30. The molecule has 1 aliphatic carbocycles. The number of likely N-dealkylation sites (N-methyl/N-ethyl adjacent to an activating group) is 1. The largest absolute Gasteiger partial charge is 0.507 e. The van der Waals surface area contributed by atoms with Crippen LogP contribution in [-0.2, 0) is 19.3 Å². The lowest BCUT2D eigenvalue weighted by molar-refractivity contribution is 0.420. The molecule has 6 heteroatoms. The Morgan fingerprint density at radius 2 is 1.67 bits per heavy atom. The summed E-state index contributed by atoms with van der Waals surface area (Å²) >= 11 is 0. The lowest BCUT2D eigenvalue weighted by Gasteiger charge is -2.18. The Labute approximate surface area is 157 Å². The maximum atomic E-state index is 10.6. The Morgan fingerprint density at radius 1 is 0.889 bits per heavy atom. The second kappa shape index (κ2) is 6.01. The number of aromatic hydroxyl groups is 2. The van der Waals surface area contributed by atoms with Gasteiger partial charge in [-0.25, -0.2) is 4.57 Å². The van der Waals surface area contributed by atoms with Crippen molar-refractivity contribution in [3.8, 4) is 28.8 Å². The second-order valence-electron chi connectivity index (χ2n) is 7.49. The van der Waals surface area contributed by atoms with Crippen LogP contribution in [0.5, 0.6) is 11.8 Å². The van der Waals surface area contributed by atoms with E-state index < -0.39 is 0 Å². The molecule has 0 saturated heterocycles. The van der Waals surface area contributed by atoms with Gasteiger partial charge in [0.1, 0.15) is 5.75 Å². The van der Waals surface area contributed by atoms with Gasteiger partial charge >= 0.3 is 6.01 Å². The van der Waals surface area contributed by atoms with Gasteiger partial charge < -0.3 is 15.1 Å². The van der Waals surface area contributed by atoms with Crippen molar-refractivity contribution in [2.24, 2.45) is 0 Å². The third kappa shape index (κ3) is 2.55. The van der Waals surface area contributed by atoms with Gasteiger partial charge in [0.15, 0.2) is 5.82 Å². The van der Waals surface area contributed by atoms with Crippen molar-refractivity contribution in [2.75, 3.05) is 18.5 Å². The number of hydrogen-bond donors (Lipinski definition) is 2. The van der Waals surface area contributed by atoms with Crippen molar-refractivity contribution in [2.45, 2.75) is 32.1 Å². The number of phenolic OH excluding ortho intramolecular Hbond substituents is 1. The molecule has 0 radical (unpaired) electrons. The van der Waals surface area contributed by atoms with E-state index in [0.717, 1.165) is 44.3 Å². The molecule has 0 bridgehead atoms. The maximum Gasteiger partial charge on any atom is 0.319 e. The fraction of sp³-hybridized carbons (Fsp3) is 0.333. The van der Waals surface area contributed by atoms with Gasteiger partial charge in [0, 0.05) is 19.3 Å². The van der Waals surface area contributed by atoms with Crippen LogP contribution in [0.25, 0.3) is 17.1 Å². The first-order chi connectivity index (χ1) is 13.1. The van der Waals surface area contributed by atoms with Gasteiger partial charge in [0.25, 0.3) is 0 Å². The predicted octanol–water partition coefficient (Wildman–Crippen LogP) is 3.22. The molecule has 0 unspecified atom stereocenters. The first-order valence-electron chi connectivity index (χ1n) is 9.46. The van der Waals surface area contributed by atoms with E-state index in [0.29, 0.717) is 11.4 Å².